The predicted octanol–water partition coefficient (Wildman–Crippen LogP) is 2.27. The van der Waals surface area contributed by atoms with E-state index in [1.54, 1.807) is 18.3 Å². The van der Waals surface area contributed by atoms with Crippen LogP contribution in [0.15, 0.2) is 36.2 Å². The Morgan fingerprint density at radius 2 is 2.31 bits per heavy atom. The first-order chi connectivity index (χ1) is 6.25. The molecule has 0 saturated heterocycles. The summed E-state index contributed by atoms with van der Waals surface area (Å²) in [4.78, 5) is 5.22. The molecule has 1 aliphatic rings. The largest absolute Gasteiger partial charge is 0.362 e. The SMILES string of the molecule is [CH2]C1=CNN(c2cccc(Cl)c2)O1. The van der Waals surface area contributed by atoms with E-state index in [2.05, 4.69) is 12.3 Å². The Morgan fingerprint density at radius 1 is 1.46 bits per heavy atom. The molecule has 0 fully saturated rings. The minimum Gasteiger partial charge on any atom is -0.362 e. The van der Waals surface area contributed by atoms with Crippen molar-refractivity contribution in [3.05, 3.63) is 48.2 Å². The average Bonchev–Trinajstić information content (AvgIpc) is 2.52. The van der Waals surface area contributed by atoms with Crippen LogP contribution < -0.4 is 10.6 Å². The Hall–Kier alpha value is -1.35. The molecule has 3 nitrogen and oxygen atoms in total. The average molecular weight is 196 g/mol. The highest BCUT2D eigenvalue weighted by molar-refractivity contribution is 6.30. The third-order valence-corrected chi connectivity index (χ3v) is 1.83. The number of hydrazine groups is 1. The van der Waals surface area contributed by atoms with Gasteiger partial charge in [-0.25, -0.2) is 0 Å². The van der Waals surface area contributed by atoms with E-state index < -0.39 is 0 Å². The number of anilines is 1. The van der Waals surface area contributed by atoms with E-state index in [1.165, 1.54) is 5.17 Å². The van der Waals surface area contributed by atoms with Gasteiger partial charge in [-0.05, 0) is 18.2 Å². The topological polar surface area (TPSA) is 24.5 Å². The van der Waals surface area contributed by atoms with Crippen LogP contribution >= 0.6 is 11.6 Å². The lowest BCUT2D eigenvalue weighted by Crippen LogP contribution is -2.27. The summed E-state index contributed by atoms with van der Waals surface area (Å²) >= 11 is 5.82. The van der Waals surface area contributed by atoms with Crippen LogP contribution in [0, 0.1) is 6.92 Å². The number of benzene rings is 1. The minimum atomic E-state index is 0.569. The van der Waals surface area contributed by atoms with Gasteiger partial charge >= 0.3 is 0 Å². The van der Waals surface area contributed by atoms with Crippen molar-refractivity contribution in [2.45, 2.75) is 0 Å². The van der Waals surface area contributed by atoms with Gasteiger partial charge in [0.05, 0.1) is 6.20 Å². The number of hydrogen-bond donors (Lipinski definition) is 1. The molecule has 1 N–H and O–H groups in total. The van der Waals surface area contributed by atoms with Crippen LogP contribution in [0.5, 0.6) is 0 Å². The zero-order valence-electron chi connectivity index (χ0n) is 6.83. The molecule has 0 saturated carbocycles. The van der Waals surface area contributed by atoms with Gasteiger partial charge in [0.2, 0.25) is 0 Å². The molecule has 67 valence electrons. The Labute approximate surface area is 81.5 Å². The number of allylic oxidation sites excluding steroid dienone is 1. The van der Waals surface area contributed by atoms with Crippen LogP contribution in [0.3, 0.4) is 0 Å². The van der Waals surface area contributed by atoms with Gasteiger partial charge in [0.25, 0.3) is 0 Å². The summed E-state index contributed by atoms with van der Waals surface area (Å²) in [7, 11) is 0. The predicted molar refractivity (Wildman–Crippen MR) is 51.6 cm³/mol. The van der Waals surface area contributed by atoms with Gasteiger partial charge in [0.1, 0.15) is 5.69 Å². The first-order valence-electron chi connectivity index (χ1n) is 3.78. The summed E-state index contributed by atoms with van der Waals surface area (Å²) < 4.78 is 0. The highest BCUT2D eigenvalue weighted by atomic mass is 35.5. The Balaban J connectivity index is 2.18. The molecule has 0 amide bonds. The summed E-state index contributed by atoms with van der Waals surface area (Å²) in [5.41, 5.74) is 3.71. The number of halogens is 1. The number of nitrogens with one attached hydrogen (secondary N) is 1. The van der Waals surface area contributed by atoms with E-state index >= 15 is 0 Å². The quantitative estimate of drug-likeness (QED) is 0.744. The Bertz CT molecular complexity index is 351. The van der Waals surface area contributed by atoms with E-state index in [9.17, 15) is 0 Å². The zero-order chi connectivity index (χ0) is 9.26. The van der Waals surface area contributed by atoms with Crippen molar-refractivity contribution in [2.75, 3.05) is 5.17 Å². The molecule has 0 bridgehead atoms. The second-order valence-corrected chi connectivity index (χ2v) is 3.04. The standard InChI is InChI=1S/C9H8ClN2O/c1-7-6-11-12(13-7)9-4-2-3-8(10)5-9/h2-6,11H,1H2. The molecule has 0 aromatic heterocycles. The summed E-state index contributed by atoms with van der Waals surface area (Å²) in [6.07, 6.45) is 1.67. The van der Waals surface area contributed by atoms with Gasteiger partial charge in [-0.1, -0.05) is 17.7 Å². The Morgan fingerprint density at radius 3 is 2.92 bits per heavy atom. The van der Waals surface area contributed by atoms with Crippen molar-refractivity contribution in [1.29, 1.82) is 0 Å². The van der Waals surface area contributed by atoms with Gasteiger partial charge in [0, 0.05) is 11.9 Å². The summed E-state index contributed by atoms with van der Waals surface area (Å²) in [6.45, 7) is 3.64. The second-order valence-electron chi connectivity index (χ2n) is 2.61. The lowest BCUT2D eigenvalue weighted by atomic mass is 10.3. The van der Waals surface area contributed by atoms with Gasteiger partial charge in [-0.15, -0.1) is 5.17 Å². The fourth-order valence-corrected chi connectivity index (χ4v) is 1.21. The van der Waals surface area contributed by atoms with Crippen molar-refractivity contribution in [1.82, 2.24) is 5.43 Å². The lowest BCUT2D eigenvalue weighted by molar-refractivity contribution is 0.200. The van der Waals surface area contributed by atoms with Gasteiger partial charge < -0.3 is 4.84 Å². The van der Waals surface area contributed by atoms with Crippen LogP contribution in [0.25, 0.3) is 0 Å². The second kappa shape index (κ2) is 3.18. The van der Waals surface area contributed by atoms with Gasteiger partial charge in [-0.2, -0.15) is 0 Å². The maximum Gasteiger partial charge on any atom is 0.152 e. The maximum atomic E-state index is 5.82. The van der Waals surface area contributed by atoms with Crippen molar-refractivity contribution < 1.29 is 4.84 Å². The van der Waals surface area contributed by atoms with E-state index in [4.69, 9.17) is 16.4 Å². The fraction of sp³-hybridized carbons (Fsp3) is 0. The molecule has 0 unspecified atom stereocenters. The van der Waals surface area contributed by atoms with Crippen LogP contribution in [0.1, 0.15) is 0 Å². The molecule has 1 radical (unpaired) electrons. The van der Waals surface area contributed by atoms with Crippen molar-refractivity contribution in [3.63, 3.8) is 0 Å². The highest BCUT2D eigenvalue weighted by Gasteiger charge is 2.12. The molecular weight excluding hydrogens is 188 g/mol. The van der Waals surface area contributed by atoms with Crippen molar-refractivity contribution in [2.24, 2.45) is 0 Å². The van der Waals surface area contributed by atoms with E-state index in [0.29, 0.717) is 10.8 Å². The normalized spacial score (nSPS) is 14.9. The van der Waals surface area contributed by atoms with Crippen LogP contribution in [0.4, 0.5) is 5.69 Å². The number of nitrogens with zero attached hydrogens (tertiary/aromatic N) is 1. The van der Waals surface area contributed by atoms with Crippen molar-refractivity contribution >= 4 is 17.3 Å². The third-order valence-electron chi connectivity index (χ3n) is 1.59. The van der Waals surface area contributed by atoms with Gasteiger partial charge in [-0.3, -0.25) is 5.43 Å². The minimum absolute atomic E-state index is 0.569. The van der Waals surface area contributed by atoms with Crippen LogP contribution in [-0.4, -0.2) is 0 Å². The van der Waals surface area contributed by atoms with Crippen LogP contribution in [-0.2, 0) is 4.84 Å². The van der Waals surface area contributed by atoms with Crippen LogP contribution in [0.2, 0.25) is 5.02 Å². The summed E-state index contributed by atoms with van der Waals surface area (Å²) in [6, 6.07) is 7.33. The lowest BCUT2D eigenvalue weighted by Gasteiger charge is -2.16. The van der Waals surface area contributed by atoms with E-state index in [1.807, 2.05) is 12.1 Å². The number of hydrogen-bond acceptors (Lipinski definition) is 3. The number of rotatable bonds is 1. The first-order valence-corrected chi connectivity index (χ1v) is 4.15. The molecule has 0 aliphatic carbocycles. The molecule has 2 rings (SSSR count). The molecule has 4 heteroatoms. The third kappa shape index (κ3) is 1.70. The molecule has 13 heavy (non-hydrogen) atoms. The molecule has 0 spiro atoms. The molecular formula is C9H8ClN2O. The molecule has 1 aromatic rings. The molecule has 1 aromatic carbocycles. The summed E-state index contributed by atoms with van der Waals surface area (Å²) in [5.74, 6) is 0.569. The molecule has 0 atom stereocenters. The van der Waals surface area contributed by atoms with E-state index in [-0.39, 0.29) is 0 Å². The highest BCUT2D eigenvalue weighted by Crippen LogP contribution is 2.21. The zero-order valence-corrected chi connectivity index (χ0v) is 7.58. The first kappa shape index (κ1) is 8.26. The van der Waals surface area contributed by atoms with Gasteiger partial charge in [0.15, 0.2) is 5.76 Å². The summed E-state index contributed by atoms with van der Waals surface area (Å²) in [5, 5.41) is 2.16. The maximum absolute atomic E-state index is 5.82. The molecule has 1 aliphatic heterocycles. The smallest absolute Gasteiger partial charge is 0.152 e. The molecule has 1 heterocycles. The van der Waals surface area contributed by atoms with Crippen molar-refractivity contribution in [3.8, 4) is 0 Å². The fourth-order valence-electron chi connectivity index (χ4n) is 1.03. The van der Waals surface area contributed by atoms with E-state index in [0.717, 1.165) is 5.69 Å². The monoisotopic (exact) mass is 195 g/mol. The Kier molecular flexibility index (Phi) is 2.02.